The second-order valence-corrected chi connectivity index (χ2v) is 5.40. The lowest BCUT2D eigenvalue weighted by atomic mass is 10.0. The third-order valence-electron chi connectivity index (χ3n) is 4.00. The van der Waals surface area contributed by atoms with Gasteiger partial charge < -0.3 is 10.7 Å². The van der Waals surface area contributed by atoms with Crippen molar-refractivity contribution in [1.29, 1.82) is 0 Å². The van der Waals surface area contributed by atoms with Crippen LogP contribution in [0, 0.1) is 5.92 Å². The topological polar surface area (TPSA) is 71.8 Å². The Labute approximate surface area is 101 Å². The summed E-state index contributed by atoms with van der Waals surface area (Å²) in [6.07, 6.45) is 7.16. The number of hydrogen-bond acceptors (Lipinski definition) is 3. The van der Waals surface area contributed by atoms with Gasteiger partial charge in [-0.15, -0.1) is 0 Å². The van der Waals surface area contributed by atoms with Gasteiger partial charge in [0.15, 0.2) is 0 Å². The van der Waals surface area contributed by atoms with Gasteiger partial charge >= 0.3 is 0 Å². The third-order valence-corrected chi connectivity index (χ3v) is 4.00. The number of nitrogens with two attached hydrogens (primary N) is 1. The zero-order valence-corrected chi connectivity index (χ0v) is 9.98. The summed E-state index contributed by atoms with van der Waals surface area (Å²) in [7, 11) is 0. The first-order valence-electron chi connectivity index (χ1n) is 6.61. The van der Waals surface area contributed by atoms with Crippen molar-refractivity contribution in [2.75, 3.05) is 0 Å². The quantitative estimate of drug-likeness (QED) is 0.836. The van der Waals surface area contributed by atoms with Crippen molar-refractivity contribution in [3.8, 4) is 0 Å². The van der Waals surface area contributed by atoms with Crippen LogP contribution in [0.15, 0.2) is 10.9 Å². The van der Waals surface area contributed by atoms with E-state index in [0.29, 0.717) is 17.7 Å². The second-order valence-electron chi connectivity index (χ2n) is 5.40. The van der Waals surface area contributed by atoms with E-state index in [-0.39, 0.29) is 11.6 Å². The highest BCUT2D eigenvalue weighted by Gasteiger charge is 2.31. The minimum atomic E-state index is -0.0796. The van der Waals surface area contributed by atoms with Crippen molar-refractivity contribution in [2.24, 2.45) is 11.7 Å². The normalized spacial score (nSPS) is 22.9. The smallest absolute Gasteiger partial charge is 0.251 e. The van der Waals surface area contributed by atoms with Crippen LogP contribution in [0.4, 0.5) is 0 Å². The Kier molecular flexibility index (Phi) is 2.74. The Balaban J connectivity index is 1.90. The van der Waals surface area contributed by atoms with Gasteiger partial charge in [0.05, 0.1) is 11.7 Å². The molecule has 0 aromatic carbocycles. The van der Waals surface area contributed by atoms with E-state index >= 15 is 0 Å². The molecule has 0 radical (unpaired) electrons. The van der Waals surface area contributed by atoms with Crippen molar-refractivity contribution in [1.82, 2.24) is 9.97 Å². The highest BCUT2D eigenvalue weighted by atomic mass is 16.1. The third kappa shape index (κ3) is 2.27. The van der Waals surface area contributed by atoms with Crippen LogP contribution >= 0.6 is 0 Å². The zero-order valence-electron chi connectivity index (χ0n) is 9.98. The highest BCUT2D eigenvalue weighted by molar-refractivity contribution is 5.12. The van der Waals surface area contributed by atoms with Crippen molar-refractivity contribution in [3.63, 3.8) is 0 Å². The molecule has 1 atom stereocenters. The fourth-order valence-electron chi connectivity index (χ4n) is 2.76. The van der Waals surface area contributed by atoms with Gasteiger partial charge in [-0.2, -0.15) is 0 Å². The molecule has 4 nitrogen and oxygen atoms in total. The molecule has 2 aliphatic rings. The molecule has 0 spiro atoms. The van der Waals surface area contributed by atoms with Crippen LogP contribution in [-0.2, 0) is 0 Å². The molecule has 0 saturated heterocycles. The van der Waals surface area contributed by atoms with Crippen molar-refractivity contribution >= 4 is 0 Å². The van der Waals surface area contributed by atoms with Gasteiger partial charge in [0.25, 0.3) is 5.56 Å². The molecule has 4 heteroatoms. The Morgan fingerprint density at radius 1 is 1.29 bits per heavy atom. The fourth-order valence-corrected chi connectivity index (χ4v) is 2.76. The van der Waals surface area contributed by atoms with E-state index in [9.17, 15) is 4.79 Å². The van der Waals surface area contributed by atoms with E-state index in [1.54, 1.807) is 6.07 Å². The Bertz CT molecular complexity index is 435. The van der Waals surface area contributed by atoms with Crippen LogP contribution < -0.4 is 11.3 Å². The minimum Gasteiger partial charge on any atom is -0.321 e. The average molecular weight is 233 g/mol. The molecule has 2 saturated carbocycles. The summed E-state index contributed by atoms with van der Waals surface area (Å²) >= 11 is 0. The van der Waals surface area contributed by atoms with E-state index in [1.165, 1.54) is 25.7 Å². The maximum Gasteiger partial charge on any atom is 0.251 e. The molecular formula is C13H19N3O. The zero-order chi connectivity index (χ0) is 11.8. The van der Waals surface area contributed by atoms with Gasteiger partial charge in [-0.25, -0.2) is 4.98 Å². The molecule has 0 bridgehead atoms. The monoisotopic (exact) mass is 233 g/mol. The molecule has 3 rings (SSSR count). The molecule has 1 unspecified atom stereocenters. The number of nitrogens with zero attached hydrogens (tertiary/aromatic N) is 1. The second kappa shape index (κ2) is 4.26. The van der Waals surface area contributed by atoms with E-state index < -0.39 is 0 Å². The SMILES string of the molecule is NC(c1nc(C2CCCC2)cc(=O)[nH]1)C1CC1. The number of aromatic nitrogens is 2. The van der Waals surface area contributed by atoms with Gasteiger partial charge in [0.2, 0.25) is 0 Å². The first kappa shape index (κ1) is 11.0. The molecule has 1 heterocycles. The maximum atomic E-state index is 11.7. The van der Waals surface area contributed by atoms with Gasteiger partial charge in [-0.05, 0) is 31.6 Å². The van der Waals surface area contributed by atoms with Crippen LogP contribution in [0.2, 0.25) is 0 Å². The fraction of sp³-hybridized carbons (Fsp3) is 0.692. The Morgan fingerprint density at radius 2 is 2.00 bits per heavy atom. The van der Waals surface area contributed by atoms with Crippen LogP contribution in [-0.4, -0.2) is 9.97 Å². The maximum absolute atomic E-state index is 11.7. The molecule has 3 N–H and O–H groups in total. The largest absolute Gasteiger partial charge is 0.321 e. The van der Waals surface area contributed by atoms with Gasteiger partial charge in [0, 0.05) is 12.0 Å². The number of nitrogens with one attached hydrogen (secondary N) is 1. The number of H-pyrrole nitrogens is 1. The lowest BCUT2D eigenvalue weighted by molar-refractivity contribution is 0.576. The van der Waals surface area contributed by atoms with E-state index in [4.69, 9.17) is 5.73 Å². The summed E-state index contributed by atoms with van der Waals surface area (Å²) < 4.78 is 0. The number of rotatable bonds is 3. The van der Waals surface area contributed by atoms with Gasteiger partial charge in [-0.3, -0.25) is 4.79 Å². The minimum absolute atomic E-state index is 0.0481. The lowest BCUT2D eigenvalue weighted by Gasteiger charge is -2.13. The summed E-state index contributed by atoms with van der Waals surface area (Å²) in [5, 5.41) is 0. The van der Waals surface area contributed by atoms with Gasteiger partial charge in [0.1, 0.15) is 5.82 Å². The summed E-state index contributed by atoms with van der Waals surface area (Å²) in [5.74, 6) is 1.70. The first-order valence-corrected chi connectivity index (χ1v) is 6.61. The van der Waals surface area contributed by atoms with Crippen LogP contribution in [0.3, 0.4) is 0 Å². The standard InChI is InChI=1S/C13H19N3O/c14-12(9-5-6-9)13-15-10(7-11(17)16-13)8-3-1-2-4-8/h7-9,12H,1-6,14H2,(H,15,16,17). The summed E-state index contributed by atoms with van der Waals surface area (Å²) in [6.45, 7) is 0. The Morgan fingerprint density at radius 3 is 2.65 bits per heavy atom. The number of hydrogen-bond donors (Lipinski definition) is 2. The highest BCUT2D eigenvalue weighted by Crippen LogP contribution is 2.38. The Hall–Kier alpha value is -1.16. The molecule has 2 aliphatic carbocycles. The molecule has 1 aromatic rings. The van der Waals surface area contributed by atoms with E-state index in [0.717, 1.165) is 18.5 Å². The van der Waals surface area contributed by atoms with Crippen LogP contribution in [0.5, 0.6) is 0 Å². The molecule has 17 heavy (non-hydrogen) atoms. The van der Waals surface area contributed by atoms with Crippen molar-refractivity contribution < 1.29 is 0 Å². The van der Waals surface area contributed by atoms with E-state index in [1.807, 2.05) is 0 Å². The molecule has 0 amide bonds. The number of aromatic amines is 1. The van der Waals surface area contributed by atoms with Crippen molar-refractivity contribution in [2.45, 2.75) is 50.5 Å². The van der Waals surface area contributed by atoms with Crippen molar-refractivity contribution in [3.05, 3.63) is 27.9 Å². The lowest BCUT2D eigenvalue weighted by Crippen LogP contribution is -2.22. The van der Waals surface area contributed by atoms with Gasteiger partial charge in [-0.1, -0.05) is 12.8 Å². The predicted octanol–water partition coefficient (Wildman–Crippen LogP) is 1.84. The molecular weight excluding hydrogens is 214 g/mol. The summed E-state index contributed by atoms with van der Waals surface area (Å²) in [6, 6.07) is 1.57. The molecule has 92 valence electrons. The molecule has 2 fully saturated rings. The average Bonchev–Trinajstić information content (AvgIpc) is 3.02. The summed E-state index contributed by atoms with van der Waals surface area (Å²) in [5.41, 5.74) is 7.01. The molecule has 0 aliphatic heterocycles. The predicted molar refractivity (Wildman–Crippen MR) is 65.7 cm³/mol. The van der Waals surface area contributed by atoms with E-state index in [2.05, 4.69) is 9.97 Å². The van der Waals surface area contributed by atoms with Crippen LogP contribution in [0.25, 0.3) is 0 Å². The van der Waals surface area contributed by atoms with Crippen LogP contribution in [0.1, 0.15) is 62.0 Å². The summed E-state index contributed by atoms with van der Waals surface area (Å²) in [4.78, 5) is 19.1. The first-order chi connectivity index (χ1) is 8.24. The molecule has 1 aromatic heterocycles.